The lowest BCUT2D eigenvalue weighted by Gasteiger charge is -2.65. The van der Waals surface area contributed by atoms with Crippen LogP contribution in [0.1, 0.15) is 63.9 Å². The highest BCUT2D eigenvalue weighted by Crippen LogP contribution is 2.69. The molecule has 4 saturated carbocycles. The Morgan fingerprint density at radius 2 is 1.90 bits per heavy atom. The largest absolute Gasteiger partial charge is 0.310 e. The zero-order valence-electron chi connectivity index (χ0n) is 12.8. The smallest absolute Gasteiger partial charge is 0.251 e. The SMILES string of the molecule is CC12CC3CC(C)(C1)CC(c1nc(CCl)cc(=O)[nH]1)(C3)C2. The molecule has 2 unspecified atom stereocenters. The Balaban J connectivity index is 1.84. The van der Waals surface area contributed by atoms with Crippen LogP contribution in [0.15, 0.2) is 10.9 Å². The molecule has 1 aromatic rings. The Morgan fingerprint density at radius 1 is 1.24 bits per heavy atom. The van der Waals surface area contributed by atoms with Crippen molar-refractivity contribution in [2.75, 3.05) is 0 Å². The maximum absolute atomic E-state index is 12.0. The predicted molar refractivity (Wildman–Crippen MR) is 83.5 cm³/mol. The average Bonchev–Trinajstić information content (AvgIpc) is 2.33. The molecule has 4 fully saturated rings. The molecular formula is C17H23ClN2O. The fourth-order valence-corrected chi connectivity index (χ4v) is 6.68. The molecule has 1 heterocycles. The molecule has 3 nitrogen and oxygen atoms in total. The molecule has 1 aromatic heterocycles. The standard InChI is InChI=1S/C17H23ClN2O/c1-15-4-11-5-16(2,8-15)10-17(6-11,9-15)14-19-12(7-18)3-13(21)20-14/h3,11H,4-10H2,1-2H3,(H,19,20,21). The van der Waals surface area contributed by atoms with Gasteiger partial charge in [-0.15, -0.1) is 11.6 Å². The van der Waals surface area contributed by atoms with Crippen molar-refractivity contribution in [1.82, 2.24) is 9.97 Å². The fourth-order valence-electron chi connectivity index (χ4n) is 6.54. The summed E-state index contributed by atoms with van der Waals surface area (Å²) >= 11 is 5.92. The second-order valence-electron chi connectivity index (χ2n) is 8.63. The minimum atomic E-state index is -0.0540. The van der Waals surface area contributed by atoms with Crippen LogP contribution >= 0.6 is 11.6 Å². The van der Waals surface area contributed by atoms with E-state index in [1.807, 2.05) is 0 Å². The van der Waals surface area contributed by atoms with Crippen molar-refractivity contribution >= 4 is 11.6 Å². The third kappa shape index (κ3) is 2.08. The third-order valence-corrected chi connectivity index (χ3v) is 6.33. The molecule has 4 aliphatic rings. The van der Waals surface area contributed by atoms with Gasteiger partial charge in [0.25, 0.3) is 5.56 Å². The van der Waals surface area contributed by atoms with E-state index in [1.165, 1.54) is 44.6 Å². The molecule has 0 aromatic carbocycles. The fraction of sp³-hybridized carbons (Fsp3) is 0.765. The number of aromatic nitrogens is 2. The van der Waals surface area contributed by atoms with E-state index >= 15 is 0 Å². The number of rotatable bonds is 2. The molecule has 21 heavy (non-hydrogen) atoms. The summed E-state index contributed by atoms with van der Waals surface area (Å²) in [5, 5.41) is 0. The second-order valence-corrected chi connectivity index (χ2v) is 8.90. The van der Waals surface area contributed by atoms with E-state index in [0.717, 1.165) is 11.7 Å². The summed E-state index contributed by atoms with van der Waals surface area (Å²) in [7, 11) is 0. The van der Waals surface area contributed by atoms with Crippen LogP contribution < -0.4 is 5.56 Å². The van der Waals surface area contributed by atoms with Crippen molar-refractivity contribution in [2.24, 2.45) is 16.7 Å². The molecule has 0 aliphatic heterocycles. The molecule has 0 saturated heterocycles. The van der Waals surface area contributed by atoms with Gasteiger partial charge in [-0.25, -0.2) is 4.98 Å². The lowest BCUT2D eigenvalue weighted by atomic mass is 9.40. The number of hydrogen-bond donors (Lipinski definition) is 1. The summed E-state index contributed by atoms with van der Waals surface area (Å²) in [6, 6.07) is 1.53. The van der Waals surface area contributed by atoms with Crippen molar-refractivity contribution < 1.29 is 0 Å². The van der Waals surface area contributed by atoms with Gasteiger partial charge in [-0.1, -0.05) is 13.8 Å². The minimum absolute atomic E-state index is 0.0540. The maximum atomic E-state index is 12.0. The highest BCUT2D eigenvalue weighted by atomic mass is 35.5. The zero-order chi connectivity index (χ0) is 14.9. The van der Waals surface area contributed by atoms with Crippen molar-refractivity contribution in [3.05, 3.63) is 27.9 Å². The average molecular weight is 307 g/mol. The Bertz CT molecular complexity index is 634. The molecule has 114 valence electrons. The van der Waals surface area contributed by atoms with E-state index in [4.69, 9.17) is 16.6 Å². The Hall–Kier alpha value is -0.830. The van der Waals surface area contributed by atoms with Gasteiger partial charge in [0.1, 0.15) is 5.82 Å². The van der Waals surface area contributed by atoms with Crippen LogP contribution in [0.5, 0.6) is 0 Å². The second kappa shape index (κ2) is 4.13. The molecule has 5 rings (SSSR count). The van der Waals surface area contributed by atoms with Crippen molar-refractivity contribution in [1.29, 1.82) is 0 Å². The van der Waals surface area contributed by atoms with Crippen LogP contribution in [0.25, 0.3) is 0 Å². The van der Waals surface area contributed by atoms with Gasteiger partial charge in [-0.05, 0) is 55.3 Å². The zero-order valence-corrected chi connectivity index (χ0v) is 13.6. The van der Waals surface area contributed by atoms with Crippen molar-refractivity contribution in [2.45, 2.75) is 63.7 Å². The van der Waals surface area contributed by atoms with E-state index in [1.54, 1.807) is 0 Å². The van der Waals surface area contributed by atoms with E-state index in [0.29, 0.717) is 22.4 Å². The van der Waals surface area contributed by atoms with Gasteiger partial charge in [0.2, 0.25) is 0 Å². The monoisotopic (exact) mass is 306 g/mol. The number of nitrogens with one attached hydrogen (secondary N) is 1. The first-order valence-corrected chi connectivity index (χ1v) is 8.54. The summed E-state index contributed by atoms with van der Waals surface area (Å²) in [4.78, 5) is 19.7. The van der Waals surface area contributed by atoms with Crippen LogP contribution in [0.3, 0.4) is 0 Å². The quantitative estimate of drug-likeness (QED) is 0.846. The van der Waals surface area contributed by atoms with E-state index < -0.39 is 0 Å². The lowest BCUT2D eigenvalue weighted by Crippen LogP contribution is -2.57. The summed E-state index contributed by atoms with van der Waals surface area (Å²) in [5.41, 5.74) is 1.57. The number of H-pyrrole nitrogens is 1. The number of aromatic amines is 1. The van der Waals surface area contributed by atoms with Crippen molar-refractivity contribution in [3.8, 4) is 0 Å². The number of nitrogens with zero attached hydrogens (tertiary/aromatic N) is 1. The first-order valence-electron chi connectivity index (χ1n) is 8.01. The molecule has 1 N–H and O–H groups in total. The molecule has 2 atom stereocenters. The van der Waals surface area contributed by atoms with Crippen LogP contribution in [0.4, 0.5) is 0 Å². The normalized spacial score (nSPS) is 44.2. The Kier molecular flexibility index (Phi) is 2.71. The highest BCUT2D eigenvalue weighted by molar-refractivity contribution is 6.16. The van der Waals surface area contributed by atoms with Gasteiger partial charge in [0.15, 0.2) is 0 Å². The van der Waals surface area contributed by atoms with Gasteiger partial charge in [0.05, 0.1) is 11.6 Å². The van der Waals surface area contributed by atoms with Crippen LogP contribution in [-0.2, 0) is 11.3 Å². The minimum Gasteiger partial charge on any atom is -0.310 e. The first kappa shape index (κ1) is 13.8. The third-order valence-electron chi connectivity index (χ3n) is 6.06. The lowest BCUT2D eigenvalue weighted by molar-refractivity contribution is -0.112. The molecular weight excluding hydrogens is 284 g/mol. The molecule has 4 heteroatoms. The van der Waals surface area contributed by atoms with Gasteiger partial charge in [-0.2, -0.15) is 0 Å². The molecule has 4 bridgehead atoms. The van der Waals surface area contributed by atoms with E-state index in [2.05, 4.69) is 18.8 Å². The summed E-state index contributed by atoms with van der Waals surface area (Å²) in [6.45, 7) is 4.88. The van der Waals surface area contributed by atoms with E-state index in [9.17, 15) is 4.79 Å². The summed E-state index contributed by atoms with van der Waals surface area (Å²) < 4.78 is 0. The van der Waals surface area contributed by atoms with Gasteiger partial charge >= 0.3 is 0 Å². The van der Waals surface area contributed by atoms with Gasteiger partial charge in [0, 0.05) is 11.5 Å². The number of hydrogen-bond acceptors (Lipinski definition) is 2. The maximum Gasteiger partial charge on any atom is 0.251 e. The topological polar surface area (TPSA) is 45.8 Å². The summed E-state index contributed by atoms with van der Waals surface area (Å²) in [5.74, 6) is 2.01. The molecule has 0 spiro atoms. The summed E-state index contributed by atoms with van der Waals surface area (Å²) in [6.07, 6.45) is 7.56. The predicted octanol–water partition coefficient (Wildman–Crippen LogP) is 3.76. The van der Waals surface area contributed by atoms with Gasteiger partial charge < -0.3 is 4.98 Å². The van der Waals surface area contributed by atoms with Crippen LogP contribution in [0, 0.1) is 16.7 Å². The van der Waals surface area contributed by atoms with Crippen molar-refractivity contribution in [3.63, 3.8) is 0 Å². The molecule has 0 amide bonds. The first-order chi connectivity index (χ1) is 9.84. The van der Waals surface area contributed by atoms with Gasteiger partial charge in [-0.3, -0.25) is 4.79 Å². The Morgan fingerprint density at radius 3 is 2.48 bits per heavy atom. The Labute approximate surface area is 130 Å². The van der Waals surface area contributed by atoms with E-state index in [-0.39, 0.29) is 11.0 Å². The molecule has 0 radical (unpaired) electrons. The molecule has 4 aliphatic carbocycles. The number of halogens is 1. The number of alkyl halides is 1. The highest BCUT2D eigenvalue weighted by Gasteiger charge is 2.61. The van der Waals surface area contributed by atoms with Crippen LogP contribution in [-0.4, -0.2) is 9.97 Å². The van der Waals surface area contributed by atoms with Crippen LogP contribution in [0.2, 0.25) is 0 Å².